The maximum absolute atomic E-state index is 2.61. The lowest BCUT2D eigenvalue weighted by Crippen LogP contribution is -2.22. The molecule has 0 radical (unpaired) electrons. The van der Waals surface area contributed by atoms with Crippen LogP contribution in [0.3, 0.4) is 0 Å². The Bertz CT molecular complexity index is 1240. The molecule has 0 bridgehead atoms. The van der Waals surface area contributed by atoms with Gasteiger partial charge in [0.15, 0.2) is 0 Å². The van der Waals surface area contributed by atoms with Gasteiger partial charge in [-0.05, 0) is 106 Å². The maximum atomic E-state index is 2.61. The largest absolute Gasteiger partial charge is 0.335 e. The molecule has 1 aromatic heterocycles. The first-order valence-electron chi connectivity index (χ1n) is 10.00. The molecule has 0 fully saturated rings. The third kappa shape index (κ3) is 2.24. The predicted molar refractivity (Wildman–Crippen MR) is 120 cm³/mol. The Morgan fingerprint density at radius 1 is 0.556 bits per heavy atom. The van der Waals surface area contributed by atoms with Gasteiger partial charge in [-0.3, -0.25) is 0 Å². The number of nitrogens with zero attached hydrogens (tertiary/aromatic N) is 1. The molecule has 140 valence electrons. The van der Waals surface area contributed by atoms with Crippen molar-refractivity contribution in [2.75, 3.05) is 0 Å². The second-order valence-electron chi connectivity index (χ2n) is 9.25. The Kier molecular flexibility index (Phi) is 3.76. The van der Waals surface area contributed by atoms with Crippen molar-refractivity contribution in [3.8, 4) is 0 Å². The smallest absolute Gasteiger partial charge is 0.0535 e. The Hall–Kier alpha value is -2.28. The Labute approximate surface area is 163 Å². The van der Waals surface area contributed by atoms with E-state index in [1.165, 1.54) is 66.0 Å². The van der Waals surface area contributed by atoms with Crippen molar-refractivity contribution in [2.24, 2.45) is 0 Å². The van der Waals surface area contributed by atoms with Crippen molar-refractivity contribution in [3.63, 3.8) is 0 Å². The fraction of sp³-hybridized carbons (Fsp3) is 0.385. The van der Waals surface area contributed by atoms with Gasteiger partial charge in [-0.2, -0.15) is 0 Å². The highest BCUT2D eigenvalue weighted by atomic mass is 15.1. The molecule has 4 rings (SSSR count). The van der Waals surface area contributed by atoms with Crippen LogP contribution in [0.5, 0.6) is 0 Å². The highest BCUT2D eigenvalue weighted by molar-refractivity contribution is 6.24. The first kappa shape index (κ1) is 18.1. The van der Waals surface area contributed by atoms with Crippen LogP contribution in [0.1, 0.15) is 54.2 Å². The van der Waals surface area contributed by atoms with Crippen molar-refractivity contribution in [3.05, 3.63) is 57.6 Å². The fourth-order valence-corrected chi connectivity index (χ4v) is 4.92. The molecule has 0 aliphatic heterocycles. The first-order valence-corrected chi connectivity index (χ1v) is 10.00. The van der Waals surface area contributed by atoms with E-state index in [2.05, 4.69) is 91.1 Å². The van der Waals surface area contributed by atoms with E-state index in [1.807, 2.05) is 0 Å². The van der Waals surface area contributed by atoms with Crippen LogP contribution in [-0.4, -0.2) is 4.57 Å². The molecule has 1 nitrogen and oxygen atoms in total. The second-order valence-corrected chi connectivity index (χ2v) is 9.25. The van der Waals surface area contributed by atoms with Crippen LogP contribution in [0.25, 0.3) is 32.6 Å². The van der Waals surface area contributed by atoms with Crippen LogP contribution < -0.4 is 0 Å². The van der Waals surface area contributed by atoms with Gasteiger partial charge in [-0.15, -0.1) is 0 Å². The number of aromatic nitrogens is 1. The van der Waals surface area contributed by atoms with E-state index < -0.39 is 0 Å². The highest BCUT2D eigenvalue weighted by Gasteiger charge is 2.27. The molecule has 0 aliphatic carbocycles. The number of aryl methyl sites for hydroxylation is 4. The van der Waals surface area contributed by atoms with Gasteiger partial charge < -0.3 is 4.57 Å². The van der Waals surface area contributed by atoms with Crippen LogP contribution in [-0.2, 0) is 5.54 Å². The first-order chi connectivity index (χ1) is 12.6. The van der Waals surface area contributed by atoms with Crippen molar-refractivity contribution in [1.29, 1.82) is 0 Å². The molecular weight excluding hydrogens is 326 g/mol. The summed E-state index contributed by atoms with van der Waals surface area (Å²) in [6.45, 7) is 20.7. The normalized spacial score (nSPS) is 12.6. The lowest BCUT2D eigenvalue weighted by atomic mass is 9.91. The zero-order chi connectivity index (χ0) is 19.8. The molecule has 1 heteroatoms. The molecule has 1 heterocycles. The summed E-state index contributed by atoms with van der Waals surface area (Å²) in [4.78, 5) is 0. The topological polar surface area (TPSA) is 4.93 Å². The standard InChI is InChI=1S/C26H31N/c1-14-15(2)18(5)24-22(17(14)4)23-21-13-11-10-12-20(21)16(3)19(6)25(23)27(24)26(7,8)9/h10-13H,1-9H3. The maximum Gasteiger partial charge on any atom is 0.0535 e. The average molecular weight is 358 g/mol. The van der Waals surface area contributed by atoms with Gasteiger partial charge in [0.2, 0.25) is 0 Å². The van der Waals surface area contributed by atoms with Gasteiger partial charge in [-0.1, -0.05) is 24.3 Å². The van der Waals surface area contributed by atoms with Gasteiger partial charge in [0, 0.05) is 16.3 Å². The summed E-state index contributed by atoms with van der Waals surface area (Å²) in [6, 6.07) is 8.93. The van der Waals surface area contributed by atoms with Crippen molar-refractivity contribution < 1.29 is 0 Å². The van der Waals surface area contributed by atoms with Crippen LogP contribution in [0, 0.1) is 41.5 Å². The minimum atomic E-state index is 0.0125. The molecular formula is C26H31N. The quantitative estimate of drug-likeness (QED) is 0.306. The number of benzene rings is 3. The van der Waals surface area contributed by atoms with Crippen molar-refractivity contribution in [2.45, 2.75) is 67.9 Å². The summed E-state index contributed by atoms with van der Waals surface area (Å²) in [5, 5.41) is 5.64. The molecule has 0 unspecified atom stereocenters. The van der Waals surface area contributed by atoms with Crippen molar-refractivity contribution in [1.82, 2.24) is 4.57 Å². The summed E-state index contributed by atoms with van der Waals surface area (Å²) in [6.07, 6.45) is 0. The van der Waals surface area contributed by atoms with Gasteiger partial charge in [-0.25, -0.2) is 0 Å². The van der Waals surface area contributed by atoms with Crippen LogP contribution in [0.2, 0.25) is 0 Å². The van der Waals surface area contributed by atoms with Gasteiger partial charge in [0.05, 0.1) is 11.0 Å². The fourth-order valence-electron chi connectivity index (χ4n) is 4.92. The summed E-state index contributed by atoms with van der Waals surface area (Å²) in [7, 11) is 0. The van der Waals surface area contributed by atoms with E-state index in [0.717, 1.165) is 0 Å². The zero-order valence-corrected chi connectivity index (χ0v) is 18.3. The van der Waals surface area contributed by atoms with E-state index in [9.17, 15) is 0 Å². The lowest BCUT2D eigenvalue weighted by molar-refractivity contribution is 0.422. The second kappa shape index (κ2) is 5.61. The van der Waals surface area contributed by atoms with E-state index in [-0.39, 0.29) is 5.54 Å². The average Bonchev–Trinajstić information content (AvgIpc) is 2.99. The Morgan fingerprint density at radius 3 is 1.63 bits per heavy atom. The third-order valence-electron chi connectivity index (χ3n) is 6.78. The molecule has 0 amide bonds. The molecule has 3 aromatic carbocycles. The van der Waals surface area contributed by atoms with E-state index in [4.69, 9.17) is 0 Å². The zero-order valence-electron chi connectivity index (χ0n) is 18.3. The molecule has 0 aliphatic rings. The number of hydrogen-bond donors (Lipinski definition) is 0. The summed E-state index contributed by atoms with van der Waals surface area (Å²) in [5.74, 6) is 0. The van der Waals surface area contributed by atoms with Gasteiger partial charge >= 0.3 is 0 Å². The Morgan fingerprint density at radius 2 is 1.04 bits per heavy atom. The highest BCUT2D eigenvalue weighted by Crippen LogP contribution is 2.45. The minimum absolute atomic E-state index is 0.0125. The van der Waals surface area contributed by atoms with Gasteiger partial charge in [0.25, 0.3) is 0 Å². The van der Waals surface area contributed by atoms with Gasteiger partial charge in [0.1, 0.15) is 0 Å². The molecule has 0 N–H and O–H groups in total. The van der Waals surface area contributed by atoms with E-state index in [0.29, 0.717) is 0 Å². The van der Waals surface area contributed by atoms with Crippen LogP contribution in [0.4, 0.5) is 0 Å². The summed E-state index contributed by atoms with van der Waals surface area (Å²) < 4.78 is 2.61. The summed E-state index contributed by atoms with van der Waals surface area (Å²) in [5.41, 5.74) is 11.3. The molecule has 0 spiro atoms. The minimum Gasteiger partial charge on any atom is -0.335 e. The molecule has 0 saturated heterocycles. The van der Waals surface area contributed by atoms with Crippen LogP contribution >= 0.6 is 0 Å². The molecule has 27 heavy (non-hydrogen) atoms. The monoisotopic (exact) mass is 357 g/mol. The summed E-state index contributed by atoms with van der Waals surface area (Å²) >= 11 is 0. The lowest BCUT2D eigenvalue weighted by Gasteiger charge is -2.27. The number of fused-ring (bicyclic) bond motifs is 5. The SMILES string of the molecule is Cc1c(C)c(C)c2c(c1C)c1c3ccccc3c(C)c(C)c1n2C(C)(C)C. The molecule has 4 aromatic rings. The number of hydrogen-bond acceptors (Lipinski definition) is 0. The Balaban J connectivity index is 2.53. The van der Waals surface area contributed by atoms with E-state index in [1.54, 1.807) is 0 Å². The van der Waals surface area contributed by atoms with Crippen LogP contribution in [0.15, 0.2) is 24.3 Å². The van der Waals surface area contributed by atoms with Crippen molar-refractivity contribution >= 4 is 32.6 Å². The third-order valence-corrected chi connectivity index (χ3v) is 6.78. The molecule has 0 saturated carbocycles. The predicted octanol–water partition coefficient (Wildman–Crippen LogP) is 7.55. The van der Waals surface area contributed by atoms with E-state index >= 15 is 0 Å². The molecule has 0 atom stereocenters. The number of rotatable bonds is 0.